The lowest BCUT2D eigenvalue weighted by atomic mass is 10.1. The number of halogens is 1. The number of benzene rings is 1. The molecule has 1 fully saturated rings. The molecule has 4 rings (SSSR count). The molecule has 0 aliphatic carbocycles. The average Bonchev–Trinajstić information content (AvgIpc) is 3.42. The van der Waals surface area contributed by atoms with Crippen molar-refractivity contribution in [1.82, 2.24) is 24.6 Å². The number of rotatable bonds is 6. The second kappa shape index (κ2) is 8.26. The summed E-state index contributed by atoms with van der Waals surface area (Å²) in [6.45, 7) is 1.56. The number of aromatic nitrogens is 4. The van der Waals surface area contributed by atoms with Crippen LogP contribution in [0.25, 0.3) is 5.69 Å². The van der Waals surface area contributed by atoms with Crippen LogP contribution in [0, 0.1) is 5.82 Å². The molecule has 1 saturated heterocycles. The molecule has 3 heterocycles. The Morgan fingerprint density at radius 3 is 2.93 bits per heavy atom. The fraction of sp³-hybridized carbons (Fsp3) is 0.300. The Balaban J connectivity index is 1.57. The largest absolute Gasteiger partial charge is 0.376 e. The van der Waals surface area contributed by atoms with E-state index >= 15 is 0 Å². The highest BCUT2D eigenvalue weighted by Crippen LogP contribution is 2.19. The van der Waals surface area contributed by atoms with E-state index in [0.717, 1.165) is 18.4 Å². The molecule has 1 aromatic carbocycles. The molecule has 1 amide bonds. The van der Waals surface area contributed by atoms with Gasteiger partial charge in [-0.05, 0) is 42.7 Å². The molecule has 144 valence electrons. The molecule has 28 heavy (non-hydrogen) atoms. The van der Waals surface area contributed by atoms with Gasteiger partial charge < -0.3 is 9.64 Å². The summed E-state index contributed by atoms with van der Waals surface area (Å²) in [6.07, 6.45) is 8.05. The van der Waals surface area contributed by atoms with Crippen molar-refractivity contribution in [3.05, 3.63) is 72.3 Å². The highest BCUT2D eigenvalue weighted by atomic mass is 19.1. The number of ether oxygens (including phenoxy) is 1. The third-order valence-corrected chi connectivity index (χ3v) is 4.69. The van der Waals surface area contributed by atoms with E-state index in [1.54, 1.807) is 23.4 Å². The van der Waals surface area contributed by atoms with Crippen molar-refractivity contribution in [2.45, 2.75) is 25.5 Å². The lowest BCUT2D eigenvalue weighted by Crippen LogP contribution is -2.37. The predicted molar refractivity (Wildman–Crippen MR) is 99.3 cm³/mol. The normalized spacial score (nSPS) is 16.2. The standard InChI is InChI=1S/C20H20FN5O2/c21-18-9-16(5-6-19(18)26-14-23-13-24-26)20(27)25(12-17-4-2-8-28-17)11-15-3-1-7-22-10-15/h1,3,5-7,9-10,13-14,17H,2,4,8,11-12H2/t17-/m0/s1. The molecule has 0 N–H and O–H groups in total. The summed E-state index contributed by atoms with van der Waals surface area (Å²) in [5.74, 6) is -0.779. The van der Waals surface area contributed by atoms with Crippen molar-refractivity contribution in [3.63, 3.8) is 0 Å². The van der Waals surface area contributed by atoms with Crippen LogP contribution >= 0.6 is 0 Å². The van der Waals surface area contributed by atoms with Crippen LogP contribution in [-0.4, -0.2) is 49.8 Å². The minimum atomic E-state index is -0.533. The molecule has 1 atom stereocenters. The maximum absolute atomic E-state index is 14.6. The van der Waals surface area contributed by atoms with Crippen molar-refractivity contribution in [1.29, 1.82) is 0 Å². The number of carbonyl (C=O) groups excluding carboxylic acids is 1. The number of nitrogens with zero attached hydrogens (tertiary/aromatic N) is 5. The first-order valence-electron chi connectivity index (χ1n) is 9.15. The van der Waals surface area contributed by atoms with Gasteiger partial charge in [0.05, 0.1) is 6.10 Å². The molecule has 0 radical (unpaired) electrons. The van der Waals surface area contributed by atoms with Crippen molar-refractivity contribution in [3.8, 4) is 5.69 Å². The number of pyridine rings is 1. The number of amides is 1. The predicted octanol–water partition coefficient (Wildman–Crippen LogP) is 2.62. The lowest BCUT2D eigenvalue weighted by molar-refractivity contribution is 0.0506. The van der Waals surface area contributed by atoms with Gasteiger partial charge in [-0.25, -0.2) is 14.1 Å². The van der Waals surface area contributed by atoms with Crippen LogP contribution in [0.1, 0.15) is 28.8 Å². The van der Waals surface area contributed by atoms with Crippen LogP contribution in [0.4, 0.5) is 4.39 Å². The quantitative estimate of drug-likeness (QED) is 0.656. The summed E-state index contributed by atoms with van der Waals surface area (Å²) in [5.41, 5.74) is 1.43. The zero-order chi connectivity index (χ0) is 19.3. The SMILES string of the molecule is O=C(c1ccc(-n2cncn2)c(F)c1)N(Cc1cccnc1)C[C@@H]1CCCO1. The van der Waals surface area contributed by atoms with Crippen LogP contribution in [-0.2, 0) is 11.3 Å². The highest BCUT2D eigenvalue weighted by Gasteiger charge is 2.24. The Morgan fingerprint density at radius 1 is 1.32 bits per heavy atom. The first-order valence-corrected chi connectivity index (χ1v) is 9.15. The van der Waals surface area contributed by atoms with Gasteiger partial charge in [-0.15, -0.1) is 0 Å². The van der Waals surface area contributed by atoms with Gasteiger partial charge in [0.2, 0.25) is 0 Å². The fourth-order valence-corrected chi connectivity index (χ4v) is 3.31. The zero-order valence-corrected chi connectivity index (χ0v) is 15.2. The summed E-state index contributed by atoms with van der Waals surface area (Å²) < 4.78 is 21.6. The molecule has 1 aliphatic heterocycles. The van der Waals surface area contributed by atoms with Gasteiger partial charge in [-0.2, -0.15) is 5.10 Å². The van der Waals surface area contributed by atoms with Crippen LogP contribution in [0.3, 0.4) is 0 Å². The third kappa shape index (κ3) is 4.07. The third-order valence-electron chi connectivity index (χ3n) is 4.69. The molecule has 0 spiro atoms. The molecule has 0 bridgehead atoms. The van der Waals surface area contributed by atoms with E-state index in [4.69, 9.17) is 4.74 Å². The van der Waals surface area contributed by atoms with Crippen molar-refractivity contribution < 1.29 is 13.9 Å². The van der Waals surface area contributed by atoms with Gasteiger partial charge in [0.25, 0.3) is 5.91 Å². The number of hydrogen-bond donors (Lipinski definition) is 0. The summed E-state index contributed by atoms with van der Waals surface area (Å²) >= 11 is 0. The molecule has 0 saturated carbocycles. The molecular weight excluding hydrogens is 361 g/mol. The Kier molecular flexibility index (Phi) is 5.38. The highest BCUT2D eigenvalue weighted by molar-refractivity contribution is 5.94. The van der Waals surface area contributed by atoms with E-state index in [2.05, 4.69) is 15.1 Å². The minimum absolute atomic E-state index is 0.000102. The Bertz CT molecular complexity index is 927. The maximum Gasteiger partial charge on any atom is 0.254 e. The first kappa shape index (κ1) is 18.2. The average molecular weight is 381 g/mol. The van der Waals surface area contributed by atoms with Crippen molar-refractivity contribution in [2.75, 3.05) is 13.2 Å². The van der Waals surface area contributed by atoms with Crippen molar-refractivity contribution in [2.24, 2.45) is 0 Å². The molecule has 1 aliphatic rings. The van der Waals surface area contributed by atoms with Crippen LogP contribution < -0.4 is 0 Å². The Hall–Kier alpha value is -3.13. The first-order chi connectivity index (χ1) is 13.7. The molecule has 3 aromatic rings. The van der Waals surface area contributed by atoms with E-state index in [-0.39, 0.29) is 23.3 Å². The molecule has 2 aromatic heterocycles. The summed E-state index contributed by atoms with van der Waals surface area (Å²) in [7, 11) is 0. The van der Waals surface area contributed by atoms with Gasteiger partial charge in [0.15, 0.2) is 0 Å². The second-order valence-corrected chi connectivity index (χ2v) is 6.69. The topological polar surface area (TPSA) is 73.1 Å². The minimum Gasteiger partial charge on any atom is -0.376 e. The zero-order valence-electron chi connectivity index (χ0n) is 15.2. The van der Waals surface area contributed by atoms with Crippen LogP contribution in [0.2, 0.25) is 0 Å². The van der Waals surface area contributed by atoms with Gasteiger partial charge in [0.1, 0.15) is 24.2 Å². The van der Waals surface area contributed by atoms with E-state index in [1.165, 1.54) is 29.5 Å². The maximum atomic E-state index is 14.6. The number of hydrogen-bond acceptors (Lipinski definition) is 5. The Morgan fingerprint density at radius 2 is 2.25 bits per heavy atom. The molecule has 8 heteroatoms. The lowest BCUT2D eigenvalue weighted by Gasteiger charge is -2.26. The molecule has 7 nitrogen and oxygen atoms in total. The Labute approximate surface area is 161 Å². The van der Waals surface area contributed by atoms with Gasteiger partial charge in [0, 0.05) is 37.7 Å². The van der Waals surface area contributed by atoms with E-state index in [0.29, 0.717) is 19.7 Å². The van der Waals surface area contributed by atoms with Gasteiger partial charge in [-0.3, -0.25) is 9.78 Å². The fourth-order valence-electron chi connectivity index (χ4n) is 3.31. The summed E-state index contributed by atoms with van der Waals surface area (Å²) in [6, 6.07) is 8.12. The monoisotopic (exact) mass is 381 g/mol. The van der Waals surface area contributed by atoms with E-state index in [1.807, 2.05) is 12.1 Å². The van der Waals surface area contributed by atoms with Gasteiger partial charge in [-0.1, -0.05) is 6.07 Å². The summed E-state index contributed by atoms with van der Waals surface area (Å²) in [4.78, 5) is 22.8. The molecular formula is C20H20FN5O2. The van der Waals surface area contributed by atoms with Gasteiger partial charge >= 0.3 is 0 Å². The second-order valence-electron chi connectivity index (χ2n) is 6.69. The van der Waals surface area contributed by atoms with E-state index < -0.39 is 5.82 Å². The summed E-state index contributed by atoms with van der Waals surface area (Å²) in [5, 5.41) is 3.93. The van der Waals surface area contributed by atoms with Crippen LogP contribution in [0.5, 0.6) is 0 Å². The van der Waals surface area contributed by atoms with Crippen molar-refractivity contribution >= 4 is 5.91 Å². The molecule has 0 unspecified atom stereocenters. The smallest absolute Gasteiger partial charge is 0.254 e. The van der Waals surface area contributed by atoms with E-state index in [9.17, 15) is 9.18 Å². The van der Waals surface area contributed by atoms with Crippen LogP contribution in [0.15, 0.2) is 55.4 Å². The number of carbonyl (C=O) groups is 1.